The molecule has 1 saturated heterocycles. The summed E-state index contributed by atoms with van der Waals surface area (Å²) in [5.74, 6) is 2.15. The predicted molar refractivity (Wildman–Crippen MR) is 131 cm³/mol. The van der Waals surface area contributed by atoms with Crippen LogP contribution in [0.1, 0.15) is 81.6 Å². The Morgan fingerprint density at radius 1 is 1.09 bits per heavy atom. The van der Waals surface area contributed by atoms with E-state index in [4.69, 9.17) is 4.74 Å². The second-order valence-electron chi connectivity index (χ2n) is 11.4. The number of nitrogens with zero attached hydrogens (tertiary/aromatic N) is 1. The van der Waals surface area contributed by atoms with Gasteiger partial charge in [0.05, 0.1) is 12.2 Å². The molecule has 1 aromatic carbocycles. The number of hydrogen-bond acceptors (Lipinski definition) is 4. The number of benzene rings is 1. The van der Waals surface area contributed by atoms with Crippen LogP contribution in [-0.4, -0.2) is 42.9 Å². The zero-order valence-electron chi connectivity index (χ0n) is 20.7. The Balaban J connectivity index is 1.39. The van der Waals surface area contributed by atoms with Crippen molar-refractivity contribution in [3.05, 3.63) is 41.0 Å². The highest BCUT2D eigenvalue weighted by Gasteiger charge is 2.61. The summed E-state index contributed by atoms with van der Waals surface area (Å²) in [5, 5.41) is 0. The van der Waals surface area contributed by atoms with E-state index in [1.165, 1.54) is 37.7 Å². The van der Waals surface area contributed by atoms with Crippen molar-refractivity contribution in [1.29, 1.82) is 0 Å². The third-order valence-electron chi connectivity index (χ3n) is 10.1. The summed E-state index contributed by atoms with van der Waals surface area (Å²) in [6.45, 7) is 7.96. The second kappa shape index (κ2) is 8.37. The van der Waals surface area contributed by atoms with Gasteiger partial charge in [0.25, 0.3) is 0 Å². The number of hydrogen-bond donors (Lipinski definition) is 0. The molecule has 0 radical (unpaired) electrons. The van der Waals surface area contributed by atoms with E-state index in [0.29, 0.717) is 41.7 Å². The van der Waals surface area contributed by atoms with Crippen molar-refractivity contribution in [3.63, 3.8) is 0 Å². The van der Waals surface area contributed by atoms with Crippen molar-refractivity contribution in [2.75, 3.05) is 20.2 Å². The summed E-state index contributed by atoms with van der Waals surface area (Å²) in [7, 11) is 2.23. The van der Waals surface area contributed by atoms with E-state index in [1.54, 1.807) is 5.57 Å². The molecular formula is C29H39NO3. The first-order valence-corrected chi connectivity index (χ1v) is 13.0. The van der Waals surface area contributed by atoms with Gasteiger partial charge in [-0.3, -0.25) is 4.79 Å². The van der Waals surface area contributed by atoms with Crippen LogP contribution >= 0.6 is 0 Å². The maximum absolute atomic E-state index is 13.3. The van der Waals surface area contributed by atoms with Gasteiger partial charge in [-0.05, 0) is 93.4 Å². The van der Waals surface area contributed by atoms with Gasteiger partial charge in [0.2, 0.25) is 0 Å². The average molecular weight is 450 g/mol. The molecule has 3 aliphatic carbocycles. The van der Waals surface area contributed by atoms with Crippen molar-refractivity contribution >= 4 is 17.8 Å². The smallest absolute Gasteiger partial charge is 0.338 e. The molecule has 3 saturated carbocycles. The zero-order valence-corrected chi connectivity index (χ0v) is 20.7. The fourth-order valence-electron chi connectivity index (χ4n) is 8.32. The van der Waals surface area contributed by atoms with E-state index in [0.717, 1.165) is 19.4 Å². The van der Waals surface area contributed by atoms with Gasteiger partial charge in [0.15, 0.2) is 0 Å². The lowest BCUT2D eigenvalue weighted by molar-refractivity contribution is -0.157. The fourth-order valence-corrected chi connectivity index (χ4v) is 8.32. The average Bonchev–Trinajstić information content (AvgIpc) is 3.13. The van der Waals surface area contributed by atoms with Gasteiger partial charge in [-0.15, -0.1) is 0 Å². The Morgan fingerprint density at radius 3 is 2.58 bits per heavy atom. The Kier molecular flexibility index (Phi) is 5.79. The number of carbonyl (C=O) groups excluding carboxylic acids is 2. The topological polar surface area (TPSA) is 46.6 Å². The first-order chi connectivity index (χ1) is 15.8. The highest BCUT2D eigenvalue weighted by molar-refractivity contribution is 5.89. The first kappa shape index (κ1) is 22.8. The van der Waals surface area contributed by atoms with Crippen LogP contribution in [0.25, 0.3) is 6.08 Å². The van der Waals surface area contributed by atoms with Gasteiger partial charge in [0.1, 0.15) is 5.78 Å². The molecule has 0 unspecified atom stereocenters. The van der Waals surface area contributed by atoms with E-state index in [9.17, 15) is 9.59 Å². The molecule has 33 heavy (non-hydrogen) atoms. The summed E-state index contributed by atoms with van der Waals surface area (Å²) in [5.41, 5.74) is 3.42. The van der Waals surface area contributed by atoms with Crippen molar-refractivity contribution in [1.82, 2.24) is 4.90 Å². The lowest BCUT2D eigenvalue weighted by Crippen LogP contribution is -2.63. The minimum Gasteiger partial charge on any atom is -0.462 e. The van der Waals surface area contributed by atoms with Crippen molar-refractivity contribution in [2.24, 2.45) is 28.6 Å². The molecular weight excluding hydrogens is 410 g/mol. The summed E-state index contributed by atoms with van der Waals surface area (Å²) >= 11 is 0. The van der Waals surface area contributed by atoms with E-state index in [1.807, 2.05) is 31.2 Å². The number of ether oxygens (including phenoxy) is 1. The van der Waals surface area contributed by atoms with E-state index >= 15 is 0 Å². The number of rotatable bonds is 3. The Hall–Kier alpha value is -1.94. The number of fused-ring (bicyclic) bond motifs is 5. The molecule has 1 aromatic rings. The molecule has 1 heterocycles. The summed E-state index contributed by atoms with van der Waals surface area (Å²) in [4.78, 5) is 27.7. The second-order valence-corrected chi connectivity index (χ2v) is 11.4. The number of carbonyl (C=O) groups is 2. The molecule has 4 heteroatoms. The van der Waals surface area contributed by atoms with Crippen LogP contribution in [0.15, 0.2) is 29.8 Å². The number of piperidine rings is 1. The summed E-state index contributed by atoms with van der Waals surface area (Å²) in [6.07, 6.45) is 10.3. The highest BCUT2D eigenvalue weighted by atomic mass is 16.5. The molecule has 6 atom stereocenters. The molecule has 0 N–H and O–H groups in total. The minimum absolute atomic E-state index is 0.160. The Morgan fingerprint density at radius 2 is 1.85 bits per heavy atom. The zero-order chi connectivity index (χ0) is 23.4. The molecule has 1 aliphatic heterocycles. The number of likely N-dealkylation sites (tertiary alicyclic amines) is 1. The Bertz CT molecular complexity index is 966. The van der Waals surface area contributed by atoms with Gasteiger partial charge in [0, 0.05) is 24.4 Å². The fraction of sp³-hybridized carbons (Fsp3) is 0.655. The van der Waals surface area contributed by atoms with Crippen LogP contribution in [0.5, 0.6) is 0 Å². The van der Waals surface area contributed by atoms with E-state index < -0.39 is 0 Å². The maximum Gasteiger partial charge on any atom is 0.338 e. The van der Waals surface area contributed by atoms with Crippen LogP contribution in [0.2, 0.25) is 0 Å². The van der Waals surface area contributed by atoms with Crippen LogP contribution < -0.4 is 0 Å². The number of allylic oxidation sites excluding steroid dienone is 1. The highest BCUT2D eigenvalue weighted by Crippen LogP contribution is 2.65. The van der Waals surface area contributed by atoms with Gasteiger partial charge in [-0.25, -0.2) is 4.79 Å². The molecule has 178 valence electrons. The Labute approximate surface area is 198 Å². The van der Waals surface area contributed by atoms with Crippen molar-refractivity contribution < 1.29 is 14.3 Å². The molecule has 5 rings (SSSR count). The standard InChI is InChI=1S/C29H39NO3/c1-5-33-27(32)20-8-6-19(7-9-20)18-21-10-12-23-22-11-13-25-29(3,26(31)15-17-30(25)4)24(22)14-16-28(21,23)2/h6-9,18,22-25H,5,10-17H2,1-4H3/b21-18+/t22-,23-,24-,25+,28+,29+/m0/s1. The third-order valence-corrected chi connectivity index (χ3v) is 10.1. The van der Waals surface area contributed by atoms with Gasteiger partial charge in [-0.2, -0.15) is 0 Å². The van der Waals surface area contributed by atoms with Crippen LogP contribution in [-0.2, 0) is 9.53 Å². The molecule has 0 aromatic heterocycles. The SMILES string of the molecule is CCOC(=O)c1ccc(/C=C2\CC[C@H]3[C@@H]4CC[C@H]5N(C)CCC(=O)[C@]5(C)[C@H]4CC[C@]23C)cc1. The van der Waals surface area contributed by atoms with Gasteiger partial charge >= 0.3 is 5.97 Å². The molecule has 4 fully saturated rings. The van der Waals surface area contributed by atoms with Gasteiger partial charge in [-0.1, -0.05) is 37.6 Å². The van der Waals surface area contributed by atoms with Crippen LogP contribution in [0.4, 0.5) is 0 Å². The van der Waals surface area contributed by atoms with Crippen molar-refractivity contribution in [3.8, 4) is 0 Å². The lowest BCUT2D eigenvalue weighted by Gasteiger charge is -2.60. The lowest BCUT2D eigenvalue weighted by atomic mass is 9.47. The normalized spacial score (nSPS) is 39.6. The number of Topliss-reactive ketones (excluding diaryl/α,β-unsaturated/α-hetero) is 1. The number of esters is 1. The molecule has 0 amide bonds. The summed E-state index contributed by atoms with van der Waals surface area (Å²) in [6, 6.07) is 8.28. The molecule has 4 nitrogen and oxygen atoms in total. The monoisotopic (exact) mass is 449 g/mol. The summed E-state index contributed by atoms with van der Waals surface area (Å²) < 4.78 is 5.12. The van der Waals surface area contributed by atoms with E-state index in [-0.39, 0.29) is 16.8 Å². The minimum atomic E-state index is -0.255. The molecule has 4 aliphatic rings. The van der Waals surface area contributed by atoms with Crippen LogP contribution in [0.3, 0.4) is 0 Å². The maximum atomic E-state index is 13.3. The van der Waals surface area contributed by atoms with Crippen LogP contribution in [0, 0.1) is 28.6 Å². The largest absolute Gasteiger partial charge is 0.462 e. The molecule has 0 spiro atoms. The molecule has 0 bridgehead atoms. The predicted octanol–water partition coefficient (Wildman–Crippen LogP) is 5.76. The van der Waals surface area contributed by atoms with Crippen molar-refractivity contribution in [2.45, 2.75) is 71.8 Å². The third kappa shape index (κ3) is 3.51. The number of ketones is 1. The van der Waals surface area contributed by atoms with E-state index in [2.05, 4.69) is 31.9 Å². The first-order valence-electron chi connectivity index (χ1n) is 13.0. The van der Waals surface area contributed by atoms with Gasteiger partial charge < -0.3 is 9.64 Å². The quantitative estimate of drug-likeness (QED) is 0.550.